The Morgan fingerprint density at radius 2 is 2.17 bits per heavy atom. The van der Waals surface area contributed by atoms with Gasteiger partial charge in [0.25, 0.3) is 0 Å². The lowest BCUT2D eigenvalue weighted by Crippen LogP contribution is -2.45. The SMILES string of the molecule is CC[C@H]1CN(C(=O)Nc2ccc(F)c(Cl)c2)c2cc(C)ccc2O1. The highest BCUT2D eigenvalue weighted by atomic mass is 35.5. The Labute approximate surface area is 145 Å². The Hall–Kier alpha value is -2.27. The predicted molar refractivity (Wildman–Crippen MR) is 93.7 cm³/mol. The molecule has 2 aromatic carbocycles. The standard InChI is InChI=1S/C18H18ClFN2O2/c1-3-13-10-22(16-8-11(2)4-7-17(16)24-13)18(23)21-12-5-6-15(20)14(19)9-12/h4-9,13H,3,10H2,1-2H3,(H,21,23)/t13-/m0/s1. The second-order valence-electron chi connectivity index (χ2n) is 5.79. The van der Waals surface area contributed by atoms with E-state index >= 15 is 0 Å². The summed E-state index contributed by atoms with van der Waals surface area (Å²) in [4.78, 5) is 14.4. The second-order valence-corrected chi connectivity index (χ2v) is 6.20. The molecule has 0 spiro atoms. The van der Waals surface area contributed by atoms with E-state index in [-0.39, 0.29) is 17.2 Å². The van der Waals surface area contributed by atoms with E-state index in [1.807, 2.05) is 32.0 Å². The molecule has 6 heteroatoms. The van der Waals surface area contributed by atoms with Crippen molar-refractivity contribution in [3.05, 3.63) is 52.8 Å². The molecule has 0 unspecified atom stereocenters. The fraction of sp³-hybridized carbons (Fsp3) is 0.278. The number of halogens is 2. The zero-order valence-corrected chi connectivity index (χ0v) is 14.2. The number of ether oxygens (including phenoxy) is 1. The lowest BCUT2D eigenvalue weighted by Gasteiger charge is -2.34. The average molecular weight is 349 g/mol. The topological polar surface area (TPSA) is 41.6 Å². The zero-order valence-electron chi connectivity index (χ0n) is 13.5. The van der Waals surface area contributed by atoms with Crippen molar-refractivity contribution in [3.63, 3.8) is 0 Å². The number of carbonyl (C=O) groups excluding carboxylic acids is 1. The molecular weight excluding hydrogens is 331 g/mol. The second kappa shape index (κ2) is 6.69. The first-order chi connectivity index (χ1) is 11.5. The van der Waals surface area contributed by atoms with Gasteiger partial charge in [0, 0.05) is 5.69 Å². The molecule has 0 aliphatic carbocycles. The maximum atomic E-state index is 13.3. The highest BCUT2D eigenvalue weighted by Crippen LogP contribution is 2.35. The van der Waals surface area contributed by atoms with Crippen LogP contribution < -0.4 is 15.0 Å². The molecule has 1 atom stereocenters. The number of hydrogen-bond donors (Lipinski definition) is 1. The van der Waals surface area contributed by atoms with Gasteiger partial charge in [0.15, 0.2) is 0 Å². The molecule has 0 fully saturated rings. The molecule has 0 aromatic heterocycles. The number of urea groups is 1. The van der Waals surface area contributed by atoms with Crippen molar-refractivity contribution in [2.24, 2.45) is 0 Å². The Morgan fingerprint density at radius 3 is 2.88 bits per heavy atom. The van der Waals surface area contributed by atoms with E-state index < -0.39 is 5.82 Å². The Kier molecular flexibility index (Phi) is 4.62. The highest BCUT2D eigenvalue weighted by Gasteiger charge is 2.29. The smallest absolute Gasteiger partial charge is 0.326 e. The van der Waals surface area contributed by atoms with Gasteiger partial charge in [-0.1, -0.05) is 24.6 Å². The largest absolute Gasteiger partial charge is 0.486 e. The molecule has 3 rings (SSSR count). The van der Waals surface area contributed by atoms with Crippen LogP contribution in [0.1, 0.15) is 18.9 Å². The van der Waals surface area contributed by atoms with Crippen molar-refractivity contribution < 1.29 is 13.9 Å². The maximum absolute atomic E-state index is 13.3. The van der Waals surface area contributed by atoms with E-state index in [1.54, 1.807) is 4.90 Å². The molecule has 1 aliphatic heterocycles. The first kappa shape index (κ1) is 16.6. The van der Waals surface area contributed by atoms with Gasteiger partial charge in [0.2, 0.25) is 0 Å². The molecule has 1 aliphatic rings. The van der Waals surface area contributed by atoms with Crippen molar-refractivity contribution in [1.82, 2.24) is 0 Å². The van der Waals surface area contributed by atoms with Gasteiger partial charge in [0.1, 0.15) is 17.7 Å². The van der Waals surface area contributed by atoms with Gasteiger partial charge in [-0.2, -0.15) is 0 Å². The Morgan fingerprint density at radius 1 is 1.38 bits per heavy atom. The van der Waals surface area contributed by atoms with Crippen molar-refractivity contribution >= 4 is 29.0 Å². The van der Waals surface area contributed by atoms with Crippen molar-refractivity contribution in [2.75, 3.05) is 16.8 Å². The molecule has 0 radical (unpaired) electrons. The quantitative estimate of drug-likeness (QED) is 0.830. The van der Waals surface area contributed by atoms with Crippen LogP contribution in [0, 0.1) is 12.7 Å². The van der Waals surface area contributed by atoms with Crippen LogP contribution in [-0.2, 0) is 0 Å². The highest BCUT2D eigenvalue weighted by molar-refractivity contribution is 6.31. The van der Waals surface area contributed by atoms with Crippen LogP contribution in [0.25, 0.3) is 0 Å². The summed E-state index contributed by atoms with van der Waals surface area (Å²) in [6.07, 6.45) is 0.724. The van der Waals surface area contributed by atoms with E-state index in [0.29, 0.717) is 18.0 Å². The number of aryl methyl sites for hydroxylation is 1. The molecule has 4 nitrogen and oxygen atoms in total. The van der Waals surface area contributed by atoms with E-state index in [0.717, 1.165) is 17.7 Å². The zero-order chi connectivity index (χ0) is 17.3. The molecule has 0 saturated carbocycles. The van der Waals surface area contributed by atoms with Gasteiger partial charge in [0.05, 0.1) is 17.3 Å². The summed E-state index contributed by atoms with van der Waals surface area (Å²) in [5.41, 5.74) is 2.21. The average Bonchev–Trinajstić information content (AvgIpc) is 2.57. The summed E-state index contributed by atoms with van der Waals surface area (Å²) >= 11 is 5.77. The van der Waals surface area contributed by atoms with E-state index in [1.165, 1.54) is 18.2 Å². The molecule has 1 heterocycles. The van der Waals surface area contributed by atoms with E-state index in [4.69, 9.17) is 16.3 Å². The third-order valence-electron chi connectivity index (χ3n) is 3.96. The van der Waals surface area contributed by atoms with Crippen LogP contribution in [0.4, 0.5) is 20.6 Å². The van der Waals surface area contributed by atoms with Crippen molar-refractivity contribution in [1.29, 1.82) is 0 Å². The van der Waals surface area contributed by atoms with Crippen LogP contribution >= 0.6 is 11.6 Å². The molecule has 24 heavy (non-hydrogen) atoms. The number of nitrogens with zero attached hydrogens (tertiary/aromatic N) is 1. The summed E-state index contributed by atoms with van der Waals surface area (Å²) in [5, 5.41) is 2.73. The van der Waals surface area contributed by atoms with Gasteiger partial charge in [-0.3, -0.25) is 4.90 Å². The number of nitrogens with one attached hydrogen (secondary N) is 1. The Bertz CT molecular complexity index is 782. The van der Waals surface area contributed by atoms with Gasteiger partial charge in [-0.25, -0.2) is 9.18 Å². The van der Waals surface area contributed by atoms with Gasteiger partial charge in [-0.15, -0.1) is 0 Å². The summed E-state index contributed by atoms with van der Waals surface area (Å²) in [7, 11) is 0. The number of carbonyl (C=O) groups is 1. The molecule has 0 bridgehead atoms. The lowest BCUT2D eigenvalue weighted by atomic mass is 10.1. The number of anilines is 2. The van der Waals surface area contributed by atoms with Crippen LogP contribution in [-0.4, -0.2) is 18.7 Å². The maximum Gasteiger partial charge on any atom is 0.326 e. The normalized spacial score (nSPS) is 16.3. The fourth-order valence-corrected chi connectivity index (χ4v) is 2.81. The monoisotopic (exact) mass is 348 g/mol. The molecule has 2 amide bonds. The number of fused-ring (bicyclic) bond motifs is 1. The number of amides is 2. The molecule has 126 valence electrons. The molecule has 0 saturated heterocycles. The van der Waals surface area contributed by atoms with Crippen LogP contribution in [0.15, 0.2) is 36.4 Å². The first-order valence-electron chi connectivity index (χ1n) is 7.79. The predicted octanol–water partition coefficient (Wildman–Crippen LogP) is 5.00. The van der Waals surface area contributed by atoms with Gasteiger partial charge >= 0.3 is 6.03 Å². The first-order valence-corrected chi connectivity index (χ1v) is 8.16. The fourth-order valence-electron chi connectivity index (χ4n) is 2.63. The minimum atomic E-state index is -0.520. The summed E-state index contributed by atoms with van der Waals surface area (Å²) in [6, 6.07) is 9.54. The van der Waals surface area contributed by atoms with Gasteiger partial charge in [-0.05, 0) is 49.2 Å². The Balaban J connectivity index is 1.88. The third kappa shape index (κ3) is 3.31. The summed E-state index contributed by atoms with van der Waals surface area (Å²) in [6.45, 7) is 4.43. The minimum Gasteiger partial charge on any atom is -0.486 e. The van der Waals surface area contributed by atoms with Crippen LogP contribution in [0.2, 0.25) is 5.02 Å². The lowest BCUT2D eigenvalue weighted by molar-refractivity contribution is 0.188. The van der Waals surface area contributed by atoms with Gasteiger partial charge < -0.3 is 10.1 Å². The summed E-state index contributed by atoms with van der Waals surface area (Å²) in [5.74, 6) is 0.166. The third-order valence-corrected chi connectivity index (χ3v) is 4.25. The van der Waals surface area contributed by atoms with E-state index in [2.05, 4.69) is 5.32 Å². The van der Waals surface area contributed by atoms with Crippen LogP contribution in [0.5, 0.6) is 5.75 Å². The van der Waals surface area contributed by atoms with Crippen molar-refractivity contribution in [3.8, 4) is 5.75 Å². The minimum absolute atomic E-state index is 0.0301. The molecule has 2 aromatic rings. The number of benzene rings is 2. The number of rotatable bonds is 2. The number of hydrogen-bond acceptors (Lipinski definition) is 2. The van der Waals surface area contributed by atoms with Crippen LogP contribution in [0.3, 0.4) is 0 Å². The summed E-state index contributed by atoms with van der Waals surface area (Å²) < 4.78 is 19.2. The molecule has 1 N–H and O–H groups in total. The van der Waals surface area contributed by atoms with E-state index in [9.17, 15) is 9.18 Å². The molecular formula is C18H18ClFN2O2. The van der Waals surface area contributed by atoms with Crippen molar-refractivity contribution in [2.45, 2.75) is 26.4 Å².